The number of aromatic amines is 1. The Morgan fingerprint density at radius 1 is 0.933 bits per heavy atom. The number of para-hydroxylation sites is 1. The van der Waals surface area contributed by atoms with Crippen LogP contribution in [-0.4, -0.2) is 89.0 Å². The fourth-order valence-corrected chi connectivity index (χ4v) is 7.70. The van der Waals surface area contributed by atoms with Gasteiger partial charge in [0.1, 0.15) is 6.04 Å². The molecule has 1 spiro atoms. The summed E-state index contributed by atoms with van der Waals surface area (Å²) in [4.78, 5) is 60.7. The van der Waals surface area contributed by atoms with Gasteiger partial charge in [-0.15, -0.1) is 0 Å². The number of nitrogens with one attached hydrogen (secondary N) is 4. The first-order valence-electron chi connectivity index (χ1n) is 16.3. The predicted molar refractivity (Wildman–Crippen MR) is 169 cm³/mol. The van der Waals surface area contributed by atoms with Gasteiger partial charge in [-0.3, -0.25) is 14.7 Å². The third kappa shape index (κ3) is 6.03. The molecule has 0 bridgehead atoms. The van der Waals surface area contributed by atoms with Crippen LogP contribution in [0.25, 0.3) is 11.1 Å². The van der Waals surface area contributed by atoms with Gasteiger partial charge < -0.3 is 30.2 Å². The number of fused-ring (bicyclic) bond motifs is 3. The number of nitrogens with zero attached hydrogens (tertiary/aromatic N) is 3. The summed E-state index contributed by atoms with van der Waals surface area (Å²) in [7, 11) is 0. The summed E-state index contributed by atoms with van der Waals surface area (Å²) in [5.41, 5.74) is 3.07. The Morgan fingerprint density at radius 2 is 1.69 bits per heavy atom. The zero-order valence-electron chi connectivity index (χ0n) is 25.5. The predicted octanol–water partition coefficient (Wildman–Crippen LogP) is 3.35. The number of rotatable bonds is 5. The normalized spacial score (nSPS) is 21.2. The van der Waals surface area contributed by atoms with Gasteiger partial charge in [-0.1, -0.05) is 43.5 Å². The lowest BCUT2D eigenvalue weighted by Gasteiger charge is -2.45. The standard InChI is InChI=1S/C33H41N7O5/c41-29(39-18-16-38(17-19-39)23-6-2-1-3-7-23)27(20-22-10-11-26-28(21-22)45-32(44)36-26)35-31(43)40-14-12-33(13-15-40)24-8-4-5-9-25(24)34-30(42)37-33/h4-5,8-11,21,23,27H,1-3,6-7,12-20H2,(H,35,43)(H,36,44)(H2,34,37,42). The first-order valence-corrected chi connectivity index (χ1v) is 16.3. The van der Waals surface area contributed by atoms with Crippen LogP contribution in [0, 0.1) is 0 Å². The number of likely N-dealkylation sites (tertiary alicyclic amines) is 1. The van der Waals surface area contributed by atoms with Gasteiger partial charge in [0.05, 0.1) is 11.1 Å². The summed E-state index contributed by atoms with van der Waals surface area (Å²) in [5.74, 6) is -0.635. The van der Waals surface area contributed by atoms with E-state index in [4.69, 9.17) is 4.42 Å². The van der Waals surface area contributed by atoms with Crippen LogP contribution in [0.2, 0.25) is 0 Å². The van der Waals surface area contributed by atoms with Crippen molar-refractivity contribution in [1.82, 2.24) is 30.3 Å². The number of aromatic nitrogens is 1. The van der Waals surface area contributed by atoms with E-state index in [1.54, 1.807) is 17.0 Å². The molecule has 3 fully saturated rings. The van der Waals surface area contributed by atoms with E-state index in [2.05, 4.69) is 25.8 Å². The number of anilines is 1. The van der Waals surface area contributed by atoms with Gasteiger partial charge in [0.25, 0.3) is 0 Å². The fraction of sp³-hybridized carbons (Fsp3) is 0.515. The minimum atomic E-state index is -0.781. The molecule has 1 aliphatic carbocycles. The molecular formula is C33H41N7O5. The van der Waals surface area contributed by atoms with Gasteiger partial charge in [-0.2, -0.15) is 0 Å². The molecule has 3 aromatic rings. The SMILES string of the molecule is O=C1Nc2ccccc2C2(CCN(C(=O)NC(Cc3ccc4[nH]c(=O)oc4c3)C(=O)N3CCN(C4CCCCC4)CC3)CC2)N1. The van der Waals surface area contributed by atoms with Crippen molar-refractivity contribution in [3.05, 3.63) is 64.1 Å². The molecule has 1 saturated carbocycles. The lowest BCUT2D eigenvalue weighted by atomic mass is 9.79. The monoisotopic (exact) mass is 615 g/mol. The van der Waals surface area contributed by atoms with Gasteiger partial charge in [0.15, 0.2) is 5.58 Å². The minimum Gasteiger partial charge on any atom is -0.408 e. The molecule has 4 aliphatic rings. The number of piperidine rings is 1. The Labute approximate surface area is 261 Å². The van der Waals surface area contributed by atoms with Crippen LogP contribution >= 0.6 is 0 Å². The summed E-state index contributed by atoms with van der Waals surface area (Å²) in [6.45, 7) is 3.81. The number of piperazine rings is 1. The van der Waals surface area contributed by atoms with E-state index in [9.17, 15) is 19.2 Å². The van der Waals surface area contributed by atoms with E-state index < -0.39 is 17.3 Å². The van der Waals surface area contributed by atoms with Crippen molar-refractivity contribution in [1.29, 1.82) is 0 Å². The third-order valence-electron chi connectivity index (χ3n) is 10.2. The molecule has 4 N–H and O–H groups in total. The van der Waals surface area contributed by atoms with Crippen LogP contribution in [0.5, 0.6) is 0 Å². The summed E-state index contributed by atoms with van der Waals surface area (Å²) < 4.78 is 5.26. The smallest absolute Gasteiger partial charge is 0.408 e. The highest BCUT2D eigenvalue weighted by Crippen LogP contribution is 2.39. The molecule has 7 rings (SSSR count). The Kier molecular flexibility index (Phi) is 7.99. The van der Waals surface area contributed by atoms with Gasteiger partial charge in [-0.05, 0) is 49.4 Å². The summed E-state index contributed by atoms with van der Waals surface area (Å²) in [5, 5.41) is 9.06. The van der Waals surface area contributed by atoms with E-state index in [-0.39, 0.29) is 24.4 Å². The fourth-order valence-electron chi connectivity index (χ4n) is 7.70. The number of amides is 5. The number of hydrogen-bond acceptors (Lipinski definition) is 6. The van der Waals surface area contributed by atoms with Crippen molar-refractivity contribution in [3.8, 4) is 0 Å². The maximum Gasteiger partial charge on any atom is 0.417 e. The largest absolute Gasteiger partial charge is 0.417 e. The molecule has 1 aromatic heterocycles. The average molecular weight is 616 g/mol. The number of oxazole rings is 1. The van der Waals surface area contributed by atoms with E-state index in [0.717, 1.165) is 29.9 Å². The number of H-pyrrole nitrogens is 1. The Hall–Kier alpha value is -4.32. The molecule has 12 heteroatoms. The molecule has 3 aliphatic heterocycles. The van der Waals surface area contributed by atoms with Crippen molar-refractivity contribution in [2.75, 3.05) is 44.6 Å². The number of benzene rings is 2. The van der Waals surface area contributed by atoms with Crippen molar-refractivity contribution in [2.45, 2.75) is 69.0 Å². The molecule has 2 aromatic carbocycles. The molecule has 4 heterocycles. The topological polar surface area (TPSA) is 143 Å². The Morgan fingerprint density at radius 3 is 2.47 bits per heavy atom. The molecule has 1 unspecified atom stereocenters. The second-order valence-corrected chi connectivity index (χ2v) is 12.9. The second kappa shape index (κ2) is 12.2. The minimum absolute atomic E-state index is 0.102. The average Bonchev–Trinajstić information content (AvgIpc) is 3.44. The maximum absolute atomic E-state index is 14.0. The molecular weight excluding hydrogens is 574 g/mol. The zero-order valence-corrected chi connectivity index (χ0v) is 25.5. The first kappa shape index (κ1) is 29.4. The summed E-state index contributed by atoms with van der Waals surface area (Å²) in [6, 6.07) is 12.4. The molecule has 0 radical (unpaired) electrons. The quantitative estimate of drug-likeness (QED) is 0.347. The van der Waals surface area contributed by atoms with Gasteiger partial charge in [0.2, 0.25) is 5.91 Å². The molecule has 1 atom stereocenters. The molecule has 5 amide bonds. The van der Waals surface area contributed by atoms with Crippen LogP contribution in [0.1, 0.15) is 56.1 Å². The number of carbonyl (C=O) groups is 3. The molecule has 45 heavy (non-hydrogen) atoms. The molecule has 2 saturated heterocycles. The summed E-state index contributed by atoms with van der Waals surface area (Å²) in [6.07, 6.45) is 7.72. The van der Waals surface area contributed by atoms with Crippen molar-refractivity contribution in [3.63, 3.8) is 0 Å². The molecule has 12 nitrogen and oxygen atoms in total. The first-order chi connectivity index (χ1) is 21.9. The van der Waals surface area contributed by atoms with Crippen LogP contribution in [0.15, 0.2) is 51.7 Å². The highest BCUT2D eigenvalue weighted by atomic mass is 16.4. The Balaban J connectivity index is 1.05. The summed E-state index contributed by atoms with van der Waals surface area (Å²) >= 11 is 0. The van der Waals surface area contributed by atoms with E-state index in [1.165, 1.54) is 32.1 Å². The van der Waals surface area contributed by atoms with Crippen LogP contribution < -0.4 is 21.7 Å². The van der Waals surface area contributed by atoms with Crippen molar-refractivity contribution in [2.24, 2.45) is 0 Å². The zero-order chi connectivity index (χ0) is 31.0. The van der Waals surface area contributed by atoms with Gasteiger partial charge >= 0.3 is 17.8 Å². The van der Waals surface area contributed by atoms with E-state index in [0.29, 0.717) is 56.2 Å². The lowest BCUT2D eigenvalue weighted by Crippen LogP contribution is -2.61. The third-order valence-corrected chi connectivity index (χ3v) is 10.2. The van der Waals surface area contributed by atoms with Crippen LogP contribution in [-0.2, 0) is 16.8 Å². The van der Waals surface area contributed by atoms with Crippen LogP contribution in [0.3, 0.4) is 0 Å². The lowest BCUT2D eigenvalue weighted by molar-refractivity contribution is -0.135. The number of carbonyl (C=O) groups excluding carboxylic acids is 3. The molecule has 238 valence electrons. The highest BCUT2D eigenvalue weighted by Gasteiger charge is 2.43. The van der Waals surface area contributed by atoms with Crippen molar-refractivity contribution >= 4 is 34.8 Å². The van der Waals surface area contributed by atoms with Gasteiger partial charge in [0, 0.05) is 63.0 Å². The van der Waals surface area contributed by atoms with Crippen molar-refractivity contribution < 1.29 is 18.8 Å². The van der Waals surface area contributed by atoms with E-state index >= 15 is 0 Å². The second-order valence-electron chi connectivity index (χ2n) is 12.9. The highest BCUT2D eigenvalue weighted by molar-refractivity contribution is 5.94. The van der Waals surface area contributed by atoms with Gasteiger partial charge in [-0.25, -0.2) is 14.4 Å². The number of hydrogen-bond donors (Lipinski definition) is 4. The number of urea groups is 2. The Bertz CT molecular complexity index is 1630. The van der Waals surface area contributed by atoms with Crippen LogP contribution in [0.4, 0.5) is 15.3 Å². The maximum atomic E-state index is 14.0. The van der Waals surface area contributed by atoms with E-state index in [1.807, 2.05) is 35.2 Å².